The topological polar surface area (TPSA) is 41.5 Å². The molecule has 0 amide bonds. The third-order valence-electron chi connectivity index (χ3n) is 1.69. The third-order valence-corrected chi connectivity index (χ3v) is 1.69. The first kappa shape index (κ1) is 10.2. The maximum absolute atomic E-state index is 9.18. The molecule has 2 unspecified atom stereocenters. The van der Waals surface area contributed by atoms with Crippen molar-refractivity contribution in [3.63, 3.8) is 0 Å². The number of rotatable bonds is 1. The molecular weight excluding hydrogens is 154 g/mol. The van der Waals surface area contributed by atoms with Crippen molar-refractivity contribution in [3.8, 4) is 0 Å². The second kappa shape index (κ2) is 4.91. The van der Waals surface area contributed by atoms with Crippen molar-refractivity contribution in [2.45, 2.75) is 18.6 Å². The number of methoxy groups -OCH3 is 1. The fourth-order valence-electron chi connectivity index (χ4n) is 1.09. The number of nitrogens with one attached hydrogen (secondary N) is 1. The fourth-order valence-corrected chi connectivity index (χ4v) is 1.09. The van der Waals surface area contributed by atoms with Crippen LogP contribution in [0.1, 0.15) is 6.42 Å². The molecule has 4 heteroatoms. The third kappa shape index (κ3) is 2.42. The molecule has 1 heterocycles. The highest BCUT2D eigenvalue weighted by Gasteiger charge is 2.21. The number of ether oxygens (including phenoxy) is 1. The van der Waals surface area contributed by atoms with Crippen molar-refractivity contribution in [2.24, 2.45) is 0 Å². The highest BCUT2D eigenvalue weighted by molar-refractivity contribution is 5.85. The summed E-state index contributed by atoms with van der Waals surface area (Å²) < 4.78 is 5.01. The minimum atomic E-state index is -0.316. The lowest BCUT2D eigenvalue weighted by atomic mass is 10.1. The molecule has 0 aromatic rings. The van der Waals surface area contributed by atoms with Gasteiger partial charge in [-0.1, -0.05) is 0 Å². The van der Waals surface area contributed by atoms with Gasteiger partial charge in [0.15, 0.2) is 0 Å². The molecule has 0 bridgehead atoms. The minimum absolute atomic E-state index is 0. The first-order chi connectivity index (χ1) is 4.34. The number of piperidine rings is 1. The van der Waals surface area contributed by atoms with Gasteiger partial charge in [0.25, 0.3) is 0 Å². The van der Waals surface area contributed by atoms with E-state index >= 15 is 0 Å². The summed E-state index contributed by atoms with van der Waals surface area (Å²) in [6, 6.07) is 0. The smallest absolute Gasteiger partial charge is 0.0926 e. The number of aliphatic hydroxyl groups excluding tert-OH is 1. The highest BCUT2D eigenvalue weighted by Crippen LogP contribution is 2.05. The number of hydrogen-bond donors (Lipinski definition) is 2. The summed E-state index contributed by atoms with van der Waals surface area (Å²) in [6.07, 6.45) is 0.646. The zero-order valence-corrected chi connectivity index (χ0v) is 6.86. The molecule has 10 heavy (non-hydrogen) atoms. The number of hydrogen-bond acceptors (Lipinski definition) is 3. The summed E-state index contributed by atoms with van der Waals surface area (Å²) in [5.74, 6) is 0. The van der Waals surface area contributed by atoms with E-state index in [1.807, 2.05) is 0 Å². The van der Waals surface area contributed by atoms with E-state index in [9.17, 15) is 5.11 Å². The van der Waals surface area contributed by atoms with Gasteiger partial charge in [-0.25, -0.2) is 0 Å². The predicted molar refractivity (Wildman–Crippen MR) is 41.5 cm³/mol. The molecule has 0 spiro atoms. The molecule has 0 aromatic carbocycles. The van der Waals surface area contributed by atoms with E-state index in [1.54, 1.807) is 7.11 Å². The van der Waals surface area contributed by atoms with E-state index < -0.39 is 0 Å². The average Bonchev–Trinajstić information content (AvgIpc) is 1.89. The van der Waals surface area contributed by atoms with Crippen LogP contribution in [-0.2, 0) is 4.74 Å². The summed E-state index contributed by atoms with van der Waals surface area (Å²) in [7, 11) is 1.64. The van der Waals surface area contributed by atoms with Gasteiger partial charge in [0.1, 0.15) is 0 Å². The molecule has 0 aromatic heterocycles. The Balaban J connectivity index is 0.000000810. The molecule has 1 saturated heterocycles. The largest absolute Gasteiger partial charge is 0.389 e. The van der Waals surface area contributed by atoms with E-state index in [1.165, 1.54) is 0 Å². The maximum Gasteiger partial charge on any atom is 0.0926 e. The van der Waals surface area contributed by atoms with Gasteiger partial charge in [0, 0.05) is 13.7 Å². The standard InChI is InChI=1S/C6H13NO2.ClH/c1-9-6-2-3-7-4-5(6)8;/h5-8H,2-4H2,1H3;1H. The summed E-state index contributed by atoms with van der Waals surface area (Å²) in [5, 5.41) is 12.3. The van der Waals surface area contributed by atoms with E-state index in [2.05, 4.69) is 5.32 Å². The summed E-state index contributed by atoms with van der Waals surface area (Å²) in [5.41, 5.74) is 0. The quantitative estimate of drug-likeness (QED) is 0.568. The van der Waals surface area contributed by atoms with Crippen LogP contribution in [0.15, 0.2) is 0 Å². The van der Waals surface area contributed by atoms with Crippen molar-refractivity contribution >= 4 is 12.4 Å². The van der Waals surface area contributed by atoms with Crippen molar-refractivity contribution in [1.29, 1.82) is 0 Å². The molecule has 0 aliphatic carbocycles. The average molecular weight is 168 g/mol. The van der Waals surface area contributed by atoms with Crippen LogP contribution in [0.25, 0.3) is 0 Å². The van der Waals surface area contributed by atoms with E-state index in [0.29, 0.717) is 6.54 Å². The van der Waals surface area contributed by atoms with Gasteiger partial charge in [-0.15, -0.1) is 12.4 Å². The Morgan fingerprint density at radius 2 is 2.30 bits per heavy atom. The van der Waals surface area contributed by atoms with Crippen molar-refractivity contribution in [1.82, 2.24) is 5.32 Å². The molecule has 1 rings (SSSR count). The lowest BCUT2D eigenvalue weighted by Gasteiger charge is -2.26. The van der Waals surface area contributed by atoms with Crippen LogP contribution in [0, 0.1) is 0 Å². The van der Waals surface area contributed by atoms with E-state index in [-0.39, 0.29) is 24.6 Å². The van der Waals surface area contributed by atoms with Gasteiger partial charge in [-0.3, -0.25) is 0 Å². The molecule has 2 atom stereocenters. The van der Waals surface area contributed by atoms with E-state index in [4.69, 9.17) is 4.74 Å². The zero-order valence-electron chi connectivity index (χ0n) is 6.04. The monoisotopic (exact) mass is 167 g/mol. The van der Waals surface area contributed by atoms with Crippen LogP contribution in [-0.4, -0.2) is 37.5 Å². The Hall–Kier alpha value is 0.170. The Labute approximate surface area is 67.2 Å². The molecule has 3 nitrogen and oxygen atoms in total. The minimum Gasteiger partial charge on any atom is -0.389 e. The number of halogens is 1. The second-order valence-corrected chi connectivity index (χ2v) is 2.33. The van der Waals surface area contributed by atoms with Crippen molar-refractivity contribution in [3.05, 3.63) is 0 Å². The van der Waals surface area contributed by atoms with Gasteiger partial charge >= 0.3 is 0 Å². The molecule has 0 radical (unpaired) electrons. The van der Waals surface area contributed by atoms with Gasteiger partial charge in [-0.2, -0.15) is 0 Å². The molecule has 2 N–H and O–H groups in total. The first-order valence-corrected chi connectivity index (χ1v) is 3.26. The van der Waals surface area contributed by atoms with Crippen LogP contribution in [0.3, 0.4) is 0 Å². The van der Waals surface area contributed by atoms with Gasteiger partial charge in [-0.05, 0) is 13.0 Å². The number of β-amino-alcohol motifs (C(OH)–C–C–N with tert-alkyl or cyclic N) is 1. The zero-order chi connectivity index (χ0) is 6.69. The molecule has 62 valence electrons. The number of aliphatic hydroxyl groups is 1. The lowest BCUT2D eigenvalue weighted by molar-refractivity contribution is -0.0280. The van der Waals surface area contributed by atoms with Crippen molar-refractivity contribution in [2.75, 3.05) is 20.2 Å². The van der Waals surface area contributed by atoms with Gasteiger partial charge in [0.05, 0.1) is 12.2 Å². The maximum atomic E-state index is 9.18. The van der Waals surface area contributed by atoms with Gasteiger partial charge < -0.3 is 15.2 Å². The SMILES string of the molecule is COC1CCNCC1O.Cl. The van der Waals surface area contributed by atoms with Gasteiger partial charge in [0.2, 0.25) is 0 Å². The summed E-state index contributed by atoms with van der Waals surface area (Å²) in [6.45, 7) is 1.62. The summed E-state index contributed by atoms with van der Waals surface area (Å²) >= 11 is 0. The second-order valence-electron chi connectivity index (χ2n) is 2.33. The Kier molecular flexibility index (Phi) is 4.99. The molecule has 0 saturated carbocycles. The van der Waals surface area contributed by atoms with Crippen LogP contribution >= 0.6 is 12.4 Å². The summed E-state index contributed by atoms with van der Waals surface area (Å²) in [4.78, 5) is 0. The molecule has 1 aliphatic rings. The van der Waals surface area contributed by atoms with Crippen LogP contribution in [0.4, 0.5) is 0 Å². The Morgan fingerprint density at radius 3 is 2.70 bits per heavy atom. The van der Waals surface area contributed by atoms with Crippen LogP contribution in [0.2, 0.25) is 0 Å². The Morgan fingerprint density at radius 1 is 1.60 bits per heavy atom. The highest BCUT2D eigenvalue weighted by atomic mass is 35.5. The van der Waals surface area contributed by atoms with Crippen molar-refractivity contribution < 1.29 is 9.84 Å². The van der Waals surface area contributed by atoms with E-state index in [0.717, 1.165) is 13.0 Å². The van der Waals surface area contributed by atoms with Crippen LogP contribution < -0.4 is 5.32 Å². The lowest BCUT2D eigenvalue weighted by Crippen LogP contribution is -2.44. The fraction of sp³-hybridized carbons (Fsp3) is 1.00. The normalized spacial score (nSPS) is 33.0. The Bertz CT molecular complexity index is 91.8. The predicted octanol–water partition coefficient (Wildman–Crippen LogP) is -0.223. The molecular formula is C6H14ClNO2. The first-order valence-electron chi connectivity index (χ1n) is 3.26. The van der Waals surface area contributed by atoms with Crippen LogP contribution in [0.5, 0.6) is 0 Å². The molecule has 1 aliphatic heterocycles. The molecule has 1 fully saturated rings.